The van der Waals surface area contributed by atoms with Gasteiger partial charge in [-0.3, -0.25) is 9.69 Å². The molecule has 18 heavy (non-hydrogen) atoms. The van der Waals surface area contributed by atoms with Gasteiger partial charge >= 0.3 is 0 Å². The molecule has 0 aromatic rings. The molecule has 4 nitrogen and oxygen atoms in total. The van der Waals surface area contributed by atoms with Crippen LogP contribution in [-0.2, 0) is 4.79 Å². The van der Waals surface area contributed by atoms with Crippen LogP contribution in [0, 0.1) is 5.92 Å². The topological polar surface area (TPSA) is 58.4 Å². The van der Waals surface area contributed by atoms with Crippen molar-refractivity contribution in [2.24, 2.45) is 11.7 Å². The van der Waals surface area contributed by atoms with E-state index in [4.69, 9.17) is 5.73 Å². The highest BCUT2D eigenvalue weighted by molar-refractivity contribution is 5.81. The van der Waals surface area contributed by atoms with Gasteiger partial charge in [0, 0.05) is 12.6 Å². The van der Waals surface area contributed by atoms with Crippen molar-refractivity contribution in [2.45, 2.75) is 58.0 Å². The molecule has 2 atom stereocenters. The number of hydrogen-bond donors (Lipinski definition) is 2. The van der Waals surface area contributed by atoms with Gasteiger partial charge in [-0.15, -0.1) is 0 Å². The highest BCUT2D eigenvalue weighted by Gasteiger charge is 2.22. The summed E-state index contributed by atoms with van der Waals surface area (Å²) in [4.78, 5) is 14.2. The maximum absolute atomic E-state index is 12.1. The van der Waals surface area contributed by atoms with E-state index in [1.54, 1.807) is 0 Å². The fourth-order valence-corrected chi connectivity index (χ4v) is 2.49. The molecule has 1 amide bonds. The summed E-state index contributed by atoms with van der Waals surface area (Å²) in [6, 6.07) is 0.329. The maximum atomic E-state index is 12.1. The van der Waals surface area contributed by atoms with Gasteiger partial charge in [-0.2, -0.15) is 0 Å². The first-order valence-corrected chi connectivity index (χ1v) is 7.25. The number of nitrogens with two attached hydrogens (primary N) is 1. The molecular formula is C14H29N3O. The Morgan fingerprint density at radius 2 is 1.94 bits per heavy atom. The van der Waals surface area contributed by atoms with Gasteiger partial charge in [-0.05, 0) is 39.3 Å². The van der Waals surface area contributed by atoms with E-state index in [1.165, 1.54) is 19.3 Å². The summed E-state index contributed by atoms with van der Waals surface area (Å²) in [6.07, 6.45) is 6.09. The first kappa shape index (κ1) is 15.4. The molecule has 0 aliphatic heterocycles. The van der Waals surface area contributed by atoms with Crippen LogP contribution in [0.1, 0.15) is 46.0 Å². The van der Waals surface area contributed by atoms with E-state index in [0.717, 1.165) is 19.4 Å². The fraction of sp³-hybridized carbons (Fsp3) is 0.929. The predicted molar refractivity (Wildman–Crippen MR) is 75.3 cm³/mol. The number of likely N-dealkylation sites (N-methyl/N-ethyl adjacent to an activating group) is 1. The van der Waals surface area contributed by atoms with E-state index in [0.29, 0.717) is 18.5 Å². The molecule has 1 rings (SSSR count). The lowest BCUT2D eigenvalue weighted by atomic mass is 9.95. The van der Waals surface area contributed by atoms with Crippen LogP contribution in [-0.4, -0.2) is 43.0 Å². The summed E-state index contributed by atoms with van der Waals surface area (Å²) in [6.45, 7) is 5.63. The van der Waals surface area contributed by atoms with Gasteiger partial charge in [0.1, 0.15) is 0 Å². The van der Waals surface area contributed by atoms with Crippen molar-refractivity contribution in [1.29, 1.82) is 0 Å². The zero-order valence-corrected chi connectivity index (χ0v) is 12.1. The van der Waals surface area contributed by atoms with Crippen molar-refractivity contribution >= 4 is 5.91 Å². The highest BCUT2D eigenvalue weighted by atomic mass is 16.2. The normalized spacial score (nSPS) is 20.7. The summed E-state index contributed by atoms with van der Waals surface area (Å²) in [5, 5.41) is 3.18. The molecular weight excluding hydrogens is 226 g/mol. The number of amides is 1. The lowest BCUT2D eigenvalue weighted by molar-refractivity contribution is -0.126. The fourth-order valence-electron chi connectivity index (χ4n) is 2.49. The van der Waals surface area contributed by atoms with Gasteiger partial charge in [0.25, 0.3) is 0 Å². The molecule has 1 aliphatic carbocycles. The monoisotopic (exact) mass is 255 g/mol. The number of carbonyl (C=O) groups excluding carboxylic acids is 1. The van der Waals surface area contributed by atoms with E-state index in [1.807, 2.05) is 14.0 Å². The molecule has 0 saturated heterocycles. The number of hydrogen-bond acceptors (Lipinski definition) is 3. The third-order valence-corrected chi connectivity index (χ3v) is 3.99. The van der Waals surface area contributed by atoms with Gasteiger partial charge < -0.3 is 11.1 Å². The smallest absolute Gasteiger partial charge is 0.237 e. The molecule has 1 aliphatic rings. The van der Waals surface area contributed by atoms with E-state index >= 15 is 0 Å². The number of carbonyl (C=O) groups is 1. The minimum atomic E-state index is -0.0686. The average Bonchev–Trinajstić information content (AvgIpc) is 2.38. The summed E-state index contributed by atoms with van der Waals surface area (Å²) >= 11 is 0. The van der Waals surface area contributed by atoms with Crippen molar-refractivity contribution in [2.75, 3.05) is 20.1 Å². The summed E-state index contributed by atoms with van der Waals surface area (Å²) in [5.74, 6) is 0.591. The van der Waals surface area contributed by atoms with Gasteiger partial charge in [-0.25, -0.2) is 0 Å². The Morgan fingerprint density at radius 3 is 2.50 bits per heavy atom. The zero-order chi connectivity index (χ0) is 13.5. The van der Waals surface area contributed by atoms with Crippen molar-refractivity contribution in [3.05, 3.63) is 0 Å². The lowest BCUT2D eigenvalue weighted by Crippen LogP contribution is -2.48. The Kier molecular flexibility index (Phi) is 6.65. The van der Waals surface area contributed by atoms with Crippen molar-refractivity contribution in [3.8, 4) is 0 Å². The van der Waals surface area contributed by atoms with Crippen LogP contribution in [0.15, 0.2) is 0 Å². The molecule has 2 unspecified atom stereocenters. The third-order valence-electron chi connectivity index (χ3n) is 3.99. The second-order valence-corrected chi connectivity index (χ2v) is 5.80. The largest absolute Gasteiger partial charge is 0.352 e. The third kappa shape index (κ3) is 4.94. The van der Waals surface area contributed by atoms with Crippen molar-refractivity contribution in [3.63, 3.8) is 0 Å². The first-order valence-electron chi connectivity index (χ1n) is 7.25. The summed E-state index contributed by atoms with van der Waals surface area (Å²) < 4.78 is 0. The Hall–Kier alpha value is -0.610. The second kappa shape index (κ2) is 7.74. The van der Waals surface area contributed by atoms with E-state index in [-0.39, 0.29) is 11.9 Å². The Balaban J connectivity index is 2.34. The molecule has 106 valence electrons. The molecule has 4 heteroatoms. The van der Waals surface area contributed by atoms with Crippen LogP contribution < -0.4 is 11.1 Å². The predicted octanol–water partition coefficient (Wildman–Crippen LogP) is 1.35. The molecule has 1 saturated carbocycles. The number of nitrogens with zero attached hydrogens (tertiary/aromatic N) is 1. The standard InChI is InChI=1S/C14H29N3O/c1-11(9-15)10-17(3)12(2)14(18)16-13-7-5-4-6-8-13/h11-13H,4-10,15H2,1-3H3,(H,16,18). The Morgan fingerprint density at radius 1 is 1.33 bits per heavy atom. The summed E-state index contributed by atoms with van der Waals surface area (Å²) in [7, 11) is 2.00. The molecule has 1 fully saturated rings. The average molecular weight is 255 g/mol. The molecule has 0 aromatic carbocycles. The van der Waals surface area contributed by atoms with Crippen LogP contribution in [0.4, 0.5) is 0 Å². The quantitative estimate of drug-likeness (QED) is 0.753. The Labute approximate surface area is 111 Å². The first-order chi connectivity index (χ1) is 8.54. The summed E-state index contributed by atoms with van der Waals surface area (Å²) in [5.41, 5.74) is 5.62. The molecule has 3 N–H and O–H groups in total. The minimum absolute atomic E-state index is 0.0686. The lowest BCUT2D eigenvalue weighted by Gasteiger charge is -2.29. The van der Waals surface area contributed by atoms with E-state index in [2.05, 4.69) is 17.1 Å². The maximum Gasteiger partial charge on any atom is 0.237 e. The van der Waals surface area contributed by atoms with Crippen molar-refractivity contribution in [1.82, 2.24) is 10.2 Å². The van der Waals surface area contributed by atoms with Gasteiger partial charge in [0.2, 0.25) is 5.91 Å². The minimum Gasteiger partial charge on any atom is -0.352 e. The van der Waals surface area contributed by atoms with Gasteiger partial charge in [0.05, 0.1) is 6.04 Å². The van der Waals surface area contributed by atoms with Crippen LogP contribution in [0.25, 0.3) is 0 Å². The number of nitrogens with one attached hydrogen (secondary N) is 1. The molecule has 0 bridgehead atoms. The number of rotatable bonds is 6. The van der Waals surface area contributed by atoms with Crippen LogP contribution >= 0.6 is 0 Å². The van der Waals surface area contributed by atoms with Crippen LogP contribution in [0.5, 0.6) is 0 Å². The second-order valence-electron chi connectivity index (χ2n) is 5.80. The zero-order valence-electron chi connectivity index (χ0n) is 12.1. The molecule has 0 aromatic heterocycles. The highest BCUT2D eigenvalue weighted by Crippen LogP contribution is 2.17. The van der Waals surface area contributed by atoms with Crippen molar-refractivity contribution < 1.29 is 4.79 Å². The van der Waals surface area contributed by atoms with E-state index < -0.39 is 0 Å². The molecule has 0 spiro atoms. The van der Waals surface area contributed by atoms with Crippen LogP contribution in [0.3, 0.4) is 0 Å². The SMILES string of the molecule is CC(CN)CN(C)C(C)C(=O)NC1CCCCC1. The van der Waals surface area contributed by atoms with Gasteiger partial charge in [-0.1, -0.05) is 26.2 Å². The van der Waals surface area contributed by atoms with Crippen LogP contribution in [0.2, 0.25) is 0 Å². The molecule has 0 heterocycles. The Bertz CT molecular complexity index is 251. The van der Waals surface area contributed by atoms with Gasteiger partial charge in [0.15, 0.2) is 0 Å². The molecule has 0 radical (unpaired) electrons. The van der Waals surface area contributed by atoms with E-state index in [9.17, 15) is 4.79 Å².